The zero-order valence-electron chi connectivity index (χ0n) is 12.7. The van der Waals surface area contributed by atoms with Crippen molar-refractivity contribution in [3.05, 3.63) is 29.5 Å². The Hall–Kier alpha value is -3.03. The van der Waals surface area contributed by atoms with Crippen LogP contribution in [0.25, 0.3) is 11.0 Å². The molecule has 2 rings (SSSR count). The number of nitrogens with two attached hydrogens (primary N) is 1. The van der Waals surface area contributed by atoms with Crippen LogP contribution in [0.4, 0.5) is 4.79 Å². The second-order valence-electron chi connectivity index (χ2n) is 4.64. The van der Waals surface area contributed by atoms with E-state index in [0.717, 1.165) is 0 Å². The largest absolute Gasteiger partial charge is 0.494 e. The Morgan fingerprint density at radius 2 is 2.04 bits per heavy atom. The number of urea groups is 1. The number of esters is 1. The van der Waals surface area contributed by atoms with Crippen LogP contribution in [-0.2, 0) is 9.53 Å². The van der Waals surface area contributed by atoms with Crippen molar-refractivity contribution in [2.24, 2.45) is 5.73 Å². The van der Waals surface area contributed by atoms with Gasteiger partial charge < -0.3 is 19.6 Å². The average molecular weight is 320 g/mol. The van der Waals surface area contributed by atoms with Crippen LogP contribution in [0, 0.1) is 6.92 Å². The lowest BCUT2D eigenvalue weighted by Crippen LogP contribution is -2.37. The lowest BCUT2D eigenvalue weighted by atomic mass is 10.1. The molecule has 0 aliphatic heterocycles. The molecule has 0 bridgehead atoms. The fourth-order valence-electron chi connectivity index (χ4n) is 2.02. The van der Waals surface area contributed by atoms with Crippen LogP contribution >= 0.6 is 0 Å². The summed E-state index contributed by atoms with van der Waals surface area (Å²) in [4.78, 5) is 33.7. The Bertz CT molecular complexity index is 765. The number of benzene rings is 1. The van der Waals surface area contributed by atoms with Crippen LogP contribution in [0.15, 0.2) is 22.6 Å². The second kappa shape index (κ2) is 6.82. The minimum Gasteiger partial charge on any atom is -0.494 e. The maximum Gasteiger partial charge on any atom is 0.375 e. The first-order valence-corrected chi connectivity index (χ1v) is 6.84. The Kier molecular flexibility index (Phi) is 4.85. The molecule has 122 valence electrons. The second-order valence-corrected chi connectivity index (χ2v) is 4.64. The number of nitrogens with one attached hydrogen (secondary N) is 1. The topological polar surface area (TPSA) is 121 Å². The molecule has 8 nitrogen and oxygen atoms in total. The van der Waals surface area contributed by atoms with Gasteiger partial charge in [-0.1, -0.05) is 0 Å². The van der Waals surface area contributed by atoms with E-state index in [9.17, 15) is 14.4 Å². The third-order valence-corrected chi connectivity index (χ3v) is 3.00. The van der Waals surface area contributed by atoms with E-state index in [-0.39, 0.29) is 5.76 Å². The number of carbonyl (C=O) groups is 3. The summed E-state index contributed by atoms with van der Waals surface area (Å²) in [6.45, 7) is 3.45. The highest BCUT2D eigenvalue weighted by atomic mass is 16.5. The van der Waals surface area contributed by atoms with E-state index >= 15 is 0 Å². The molecule has 2 aromatic rings. The Labute approximate surface area is 131 Å². The van der Waals surface area contributed by atoms with E-state index in [4.69, 9.17) is 19.6 Å². The normalized spacial score (nSPS) is 10.3. The van der Waals surface area contributed by atoms with Gasteiger partial charge in [-0.2, -0.15) is 0 Å². The van der Waals surface area contributed by atoms with Gasteiger partial charge in [-0.25, -0.2) is 9.59 Å². The van der Waals surface area contributed by atoms with Gasteiger partial charge in [0.1, 0.15) is 11.3 Å². The first kappa shape index (κ1) is 16.3. The molecule has 0 aliphatic carbocycles. The zero-order chi connectivity index (χ0) is 17.0. The zero-order valence-corrected chi connectivity index (χ0v) is 12.7. The molecule has 3 N–H and O–H groups in total. The molecule has 1 aromatic carbocycles. The maximum absolute atomic E-state index is 12.0. The van der Waals surface area contributed by atoms with Gasteiger partial charge in [-0.3, -0.25) is 10.1 Å². The molecule has 0 unspecified atom stereocenters. The lowest BCUT2D eigenvalue weighted by molar-refractivity contribution is -0.123. The summed E-state index contributed by atoms with van der Waals surface area (Å²) in [6, 6.07) is 4.15. The quantitative estimate of drug-likeness (QED) is 0.805. The summed E-state index contributed by atoms with van der Waals surface area (Å²) < 4.78 is 15.6. The fourth-order valence-corrected chi connectivity index (χ4v) is 2.02. The van der Waals surface area contributed by atoms with E-state index in [1.165, 1.54) is 0 Å². The van der Waals surface area contributed by atoms with E-state index in [1.54, 1.807) is 30.4 Å². The van der Waals surface area contributed by atoms with Gasteiger partial charge in [0.25, 0.3) is 5.91 Å². The maximum atomic E-state index is 12.0. The monoisotopic (exact) mass is 320 g/mol. The summed E-state index contributed by atoms with van der Waals surface area (Å²) in [5.74, 6) is -0.986. The van der Waals surface area contributed by atoms with Crippen LogP contribution < -0.4 is 15.8 Å². The van der Waals surface area contributed by atoms with Crippen LogP contribution in [0.1, 0.15) is 23.0 Å². The predicted octanol–water partition coefficient (Wildman–Crippen LogP) is 1.49. The molecule has 0 spiro atoms. The summed E-state index contributed by atoms with van der Waals surface area (Å²) >= 11 is 0. The highest BCUT2D eigenvalue weighted by Crippen LogP contribution is 2.29. The van der Waals surface area contributed by atoms with Gasteiger partial charge in [-0.05, 0) is 32.0 Å². The summed E-state index contributed by atoms with van der Waals surface area (Å²) in [5, 5.41) is 2.50. The third-order valence-electron chi connectivity index (χ3n) is 3.00. The summed E-state index contributed by atoms with van der Waals surface area (Å²) in [6.07, 6.45) is 0. The molecule has 0 atom stereocenters. The summed E-state index contributed by atoms with van der Waals surface area (Å²) in [7, 11) is 0. The molecule has 0 saturated heterocycles. The number of hydrogen-bond donors (Lipinski definition) is 2. The molecular formula is C15H16N2O6. The van der Waals surface area contributed by atoms with E-state index in [1.807, 2.05) is 6.92 Å². The Balaban J connectivity index is 2.16. The number of carbonyl (C=O) groups excluding carboxylic acids is 3. The van der Waals surface area contributed by atoms with Crippen molar-refractivity contribution >= 4 is 28.9 Å². The standard InChI is InChI=1S/C15H16N2O6/c1-3-21-9-4-5-11-10(6-9)8(2)13(23-11)14(19)22-7-12(18)17-15(16)20/h4-6H,3,7H2,1-2H3,(H3,16,17,18,20). The first-order chi connectivity index (χ1) is 10.9. The Morgan fingerprint density at radius 1 is 1.30 bits per heavy atom. The van der Waals surface area contributed by atoms with Crippen molar-refractivity contribution in [2.45, 2.75) is 13.8 Å². The highest BCUT2D eigenvalue weighted by molar-refractivity contribution is 5.98. The minimum atomic E-state index is -1.02. The van der Waals surface area contributed by atoms with Crippen LogP contribution in [0.3, 0.4) is 0 Å². The van der Waals surface area contributed by atoms with Crippen molar-refractivity contribution in [1.29, 1.82) is 0 Å². The van der Waals surface area contributed by atoms with Crippen molar-refractivity contribution in [1.82, 2.24) is 5.32 Å². The Morgan fingerprint density at radius 3 is 2.70 bits per heavy atom. The number of furan rings is 1. The van der Waals surface area contributed by atoms with Gasteiger partial charge in [0.05, 0.1) is 6.61 Å². The fraction of sp³-hybridized carbons (Fsp3) is 0.267. The van der Waals surface area contributed by atoms with Crippen LogP contribution in [0.2, 0.25) is 0 Å². The average Bonchev–Trinajstić information content (AvgIpc) is 2.82. The summed E-state index contributed by atoms with van der Waals surface area (Å²) in [5.41, 5.74) is 5.85. The smallest absolute Gasteiger partial charge is 0.375 e. The SMILES string of the molecule is CCOc1ccc2oc(C(=O)OCC(=O)NC(N)=O)c(C)c2c1. The number of imide groups is 1. The van der Waals surface area contributed by atoms with Gasteiger partial charge in [0.15, 0.2) is 6.61 Å². The van der Waals surface area contributed by atoms with Crippen LogP contribution in [-0.4, -0.2) is 31.1 Å². The number of ether oxygens (including phenoxy) is 2. The molecule has 23 heavy (non-hydrogen) atoms. The molecule has 1 aromatic heterocycles. The van der Waals surface area contributed by atoms with Crippen LogP contribution in [0.5, 0.6) is 5.75 Å². The van der Waals surface area contributed by atoms with Crippen molar-refractivity contribution in [2.75, 3.05) is 13.2 Å². The van der Waals surface area contributed by atoms with Gasteiger partial charge >= 0.3 is 12.0 Å². The van der Waals surface area contributed by atoms with E-state index < -0.39 is 24.5 Å². The predicted molar refractivity (Wildman–Crippen MR) is 80.1 cm³/mol. The molecule has 1 heterocycles. The van der Waals surface area contributed by atoms with E-state index in [2.05, 4.69) is 0 Å². The number of amides is 3. The van der Waals surface area contributed by atoms with Gasteiger partial charge in [0.2, 0.25) is 5.76 Å². The van der Waals surface area contributed by atoms with Crippen molar-refractivity contribution in [3.8, 4) is 5.75 Å². The first-order valence-electron chi connectivity index (χ1n) is 6.84. The molecule has 0 aliphatic rings. The molecular weight excluding hydrogens is 304 g/mol. The molecule has 3 amide bonds. The highest BCUT2D eigenvalue weighted by Gasteiger charge is 2.20. The van der Waals surface area contributed by atoms with Crippen molar-refractivity contribution in [3.63, 3.8) is 0 Å². The molecule has 0 saturated carbocycles. The number of hydrogen-bond acceptors (Lipinski definition) is 6. The third kappa shape index (κ3) is 3.79. The van der Waals surface area contributed by atoms with E-state index in [0.29, 0.717) is 28.9 Å². The number of aryl methyl sites for hydroxylation is 1. The number of primary amides is 1. The molecule has 8 heteroatoms. The van der Waals surface area contributed by atoms with Gasteiger partial charge in [0, 0.05) is 10.9 Å². The number of fused-ring (bicyclic) bond motifs is 1. The van der Waals surface area contributed by atoms with Crippen molar-refractivity contribution < 1.29 is 28.3 Å². The minimum absolute atomic E-state index is 0.0134. The van der Waals surface area contributed by atoms with Gasteiger partial charge in [-0.15, -0.1) is 0 Å². The lowest BCUT2D eigenvalue weighted by Gasteiger charge is -2.02. The molecule has 0 radical (unpaired) electrons. The number of rotatable bonds is 5. The molecule has 0 fully saturated rings.